The molecule has 7 nitrogen and oxygen atoms in total. The van der Waals surface area contributed by atoms with Gasteiger partial charge in [0.25, 0.3) is 0 Å². The van der Waals surface area contributed by atoms with Gasteiger partial charge in [-0.1, -0.05) is 37.3 Å². The second-order valence-electron chi connectivity index (χ2n) is 8.20. The largest absolute Gasteiger partial charge is 0.419 e. The Morgan fingerprint density at radius 3 is 2.41 bits per heavy atom. The molecule has 2 aromatic carbocycles. The van der Waals surface area contributed by atoms with E-state index in [4.69, 9.17) is 4.42 Å². The quantitative estimate of drug-likeness (QED) is 0.579. The number of piperidine rings is 1. The van der Waals surface area contributed by atoms with Gasteiger partial charge < -0.3 is 9.73 Å². The van der Waals surface area contributed by atoms with Crippen LogP contribution in [0, 0.1) is 17.2 Å². The lowest BCUT2D eigenvalue weighted by molar-refractivity contribution is 0.288. The normalized spacial score (nSPS) is 16.4. The number of nitrogens with one attached hydrogen (secondary N) is 1. The van der Waals surface area contributed by atoms with E-state index in [9.17, 15) is 13.7 Å². The number of rotatable bonds is 6. The molecule has 4 rings (SSSR count). The molecule has 8 heteroatoms. The number of oxazole rings is 1. The first-order valence-corrected chi connectivity index (χ1v) is 12.2. The van der Waals surface area contributed by atoms with Gasteiger partial charge in [0, 0.05) is 18.7 Å². The van der Waals surface area contributed by atoms with Crippen LogP contribution in [0.4, 0.5) is 5.88 Å². The van der Waals surface area contributed by atoms with Crippen LogP contribution >= 0.6 is 0 Å². The van der Waals surface area contributed by atoms with E-state index in [0.29, 0.717) is 24.6 Å². The molecular formula is C24H26N4O3S. The zero-order chi connectivity index (χ0) is 22.7. The van der Waals surface area contributed by atoms with Crippen molar-refractivity contribution in [2.75, 3.05) is 18.4 Å². The van der Waals surface area contributed by atoms with Crippen LogP contribution < -0.4 is 5.32 Å². The van der Waals surface area contributed by atoms with Crippen molar-refractivity contribution in [2.45, 2.75) is 37.6 Å². The summed E-state index contributed by atoms with van der Waals surface area (Å²) in [5.41, 5.74) is 1.81. The summed E-state index contributed by atoms with van der Waals surface area (Å²) in [5, 5.41) is 12.7. The van der Waals surface area contributed by atoms with Crippen LogP contribution in [0.5, 0.6) is 0 Å². The first-order chi connectivity index (χ1) is 15.4. The van der Waals surface area contributed by atoms with Gasteiger partial charge in [-0.05, 0) is 55.5 Å². The van der Waals surface area contributed by atoms with E-state index in [1.54, 1.807) is 28.6 Å². The van der Waals surface area contributed by atoms with Gasteiger partial charge in [-0.15, -0.1) is 0 Å². The summed E-state index contributed by atoms with van der Waals surface area (Å²) in [6, 6.07) is 18.3. The summed E-state index contributed by atoms with van der Waals surface area (Å²) in [6.45, 7) is 5.21. The molecule has 0 radical (unpaired) electrons. The number of nitrogens with zero attached hydrogens (tertiary/aromatic N) is 3. The lowest BCUT2D eigenvalue weighted by atomic mass is 10.0. The van der Waals surface area contributed by atoms with Crippen molar-refractivity contribution in [1.82, 2.24) is 9.29 Å². The first kappa shape index (κ1) is 22.1. The zero-order valence-corrected chi connectivity index (χ0v) is 19.0. The van der Waals surface area contributed by atoms with Crippen molar-refractivity contribution in [3.8, 4) is 17.5 Å². The highest BCUT2D eigenvalue weighted by molar-refractivity contribution is 7.89. The van der Waals surface area contributed by atoms with Crippen molar-refractivity contribution in [3.63, 3.8) is 0 Å². The molecule has 0 aliphatic carbocycles. The third kappa shape index (κ3) is 4.54. The first-order valence-electron chi connectivity index (χ1n) is 10.7. The molecule has 1 aliphatic rings. The minimum Gasteiger partial charge on any atom is -0.419 e. The average molecular weight is 451 g/mol. The number of hydrogen-bond donors (Lipinski definition) is 1. The molecule has 1 aromatic heterocycles. The minimum absolute atomic E-state index is 0.0797. The third-order valence-corrected chi connectivity index (χ3v) is 7.77. The lowest BCUT2D eigenvalue weighted by Gasteiger charge is -2.29. The second kappa shape index (κ2) is 9.15. The Morgan fingerprint density at radius 1 is 1.12 bits per heavy atom. The van der Waals surface area contributed by atoms with E-state index in [-0.39, 0.29) is 28.4 Å². The van der Waals surface area contributed by atoms with Crippen molar-refractivity contribution in [2.24, 2.45) is 5.92 Å². The smallest absolute Gasteiger partial charge is 0.243 e. The van der Waals surface area contributed by atoms with E-state index in [0.717, 1.165) is 18.4 Å². The fourth-order valence-corrected chi connectivity index (χ4v) is 5.25. The summed E-state index contributed by atoms with van der Waals surface area (Å²) < 4.78 is 33.3. The highest BCUT2D eigenvalue weighted by atomic mass is 32.2. The fourth-order valence-electron chi connectivity index (χ4n) is 3.78. The molecule has 2 heterocycles. The molecule has 1 fully saturated rings. The number of aromatic nitrogens is 1. The molecule has 3 aromatic rings. The maximum atomic E-state index is 12.9. The molecule has 0 spiro atoms. The van der Waals surface area contributed by atoms with Gasteiger partial charge in [-0.3, -0.25) is 0 Å². The molecule has 0 saturated carbocycles. The summed E-state index contributed by atoms with van der Waals surface area (Å²) in [5.74, 6) is 1.11. The molecule has 32 heavy (non-hydrogen) atoms. The molecular weight excluding hydrogens is 424 g/mol. The number of sulfonamides is 1. The number of benzene rings is 2. The Balaban J connectivity index is 1.54. The predicted octanol–water partition coefficient (Wildman–Crippen LogP) is 4.81. The highest BCUT2D eigenvalue weighted by Gasteiger charge is 2.28. The highest BCUT2D eigenvalue weighted by Crippen LogP contribution is 2.30. The number of hydrogen-bond acceptors (Lipinski definition) is 6. The maximum absolute atomic E-state index is 12.9. The van der Waals surface area contributed by atoms with Crippen molar-refractivity contribution < 1.29 is 12.8 Å². The zero-order valence-electron chi connectivity index (χ0n) is 18.2. The van der Waals surface area contributed by atoms with E-state index in [1.165, 1.54) is 0 Å². The molecule has 0 bridgehead atoms. The second-order valence-corrected chi connectivity index (χ2v) is 10.1. The standard InChI is InChI=1S/C24H26N4O3S/c1-17-12-14-28(15-13-17)32(29,30)21-10-8-20(9-11-21)23-27-22(16-25)24(31-23)26-18(2)19-6-4-3-5-7-19/h3-11,17-18,26H,12-15H2,1-2H3. The Labute approximate surface area is 188 Å². The van der Waals surface area contributed by atoms with Gasteiger partial charge in [0.05, 0.1) is 10.9 Å². The summed E-state index contributed by atoms with van der Waals surface area (Å²) in [4.78, 5) is 4.53. The minimum atomic E-state index is -3.52. The predicted molar refractivity (Wildman–Crippen MR) is 122 cm³/mol. The van der Waals surface area contributed by atoms with Crippen LogP contribution in [0.1, 0.15) is 44.0 Å². The summed E-state index contributed by atoms with van der Waals surface area (Å²) in [6.07, 6.45) is 1.75. The SMILES string of the molecule is CC1CCN(S(=O)(=O)c2ccc(-c3nc(C#N)c(NC(C)c4ccccc4)o3)cc2)CC1. The lowest BCUT2D eigenvalue weighted by Crippen LogP contribution is -2.37. The molecule has 1 atom stereocenters. The number of nitriles is 1. The molecule has 1 N–H and O–H groups in total. The number of anilines is 1. The van der Waals surface area contributed by atoms with Gasteiger partial charge in [-0.2, -0.15) is 14.6 Å². The summed E-state index contributed by atoms with van der Waals surface area (Å²) in [7, 11) is -3.52. The van der Waals surface area contributed by atoms with Gasteiger partial charge in [0.2, 0.25) is 27.5 Å². The van der Waals surface area contributed by atoms with Crippen LogP contribution in [-0.2, 0) is 10.0 Å². The monoisotopic (exact) mass is 450 g/mol. The molecule has 1 aliphatic heterocycles. The van der Waals surface area contributed by atoms with Gasteiger partial charge in [-0.25, -0.2) is 8.42 Å². The van der Waals surface area contributed by atoms with E-state index < -0.39 is 10.0 Å². The topological polar surface area (TPSA) is 99.2 Å². The Morgan fingerprint density at radius 2 is 1.78 bits per heavy atom. The Kier molecular flexibility index (Phi) is 6.31. The van der Waals surface area contributed by atoms with E-state index >= 15 is 0 Å². The van der Waals surface area contributed by atoms with Crippen LogP contribution in [0.3, 0.4) is 0 Å². The Bertz CT molecular complexity index is 1210. The van der Waals surface area contributed by atoms with Crippen molar-refractivity contribution >= 4 is 15.9 Å². The third-order valence-electron chi connectivity index (χ3n) is 5.86. The Hall–Kier alpha value is -3.15. The molecule has 166 valence electrons. The van der Waals surface area contributed by atoms with Crippen LogP contribution in [-0.4, -0.2) is 30.8 Å². The van der Waals surface area contributed by atoms with Crippen LogP contribution in [0.2, 0.25) is 0 Å². The van der Waals surface area contributed by atoms with Gasteiger partial charge in [0.15, 0.2) is 0 Å². The van der Waals surface area contributed by atoms with Gasteiger partial charge in [0.1, 0.15) is 6.07 Å². The maximum Gasteiger partial charge on any atom is 0.243 e. The molecule has 1 saturated heterocycles. The van der Waals surface area contributed by atoms with Crippen molar-refractivity contribution in [1.29, 1.82) is 5.26 Å². The molecule has 0 amide bonds. The van der Waals surface area contributed by atoms with Crippen molar-refractivity contribution in [3.05, 3.63) is 65.9 Å². The fraction of sp³-hybridized carbons (Fsp3) is 0.333. The molecule has 1 unspecified atom stereocenters. The average Bonchev–Trinajstić information content (AvgIpc) is 3.23. The van der Waals surface area contributed by atoms with Gasteiger partial charge >= 0.3 is 0 Å². The van der Waals surface area contributed by atoms with Crippen LogP contribution in [0.25, 0.3) is 11.5 Å². The van der Waals surface area contributed by atoms with E-state index in [2.05, 4.69) is 23.3 Å². The van der Waals surface area contributed by atoms with E-state index in [1.807, 2.05) is 37.3 Å². The summed E-state index contributed by atoms with van der Waals surface area (Å²) >= 11 is 0. The van der Waals surface area contributed by atoms with Crippen LogP contribution in [0.15, 0.2) is 63.9 Å².